The molecule has 0 aliphatic rings. The molecule has 3 rings (SSSR count). The van der Waals surface area contributed by atoms with E-state index in [4.69, 9.17) is 0 Å². The molecule has 0 fully saturated rings. The molecule has 0 saturated heterocycles. The van der Waals surface area contributed by atoms with Crippen LogP contribution in [0.1, 0.15) is 29.4 Å². The lowest BCUT2D eigenvalue weighted by Crippen LogP contribution is -2.36. The fourth-order valence-electron chi connectivity index (χ4n) is 2.48. The lowest BCUT2D eigenvalue weighted by Gasteiger charge is -2.09. The van der Waals surface area contributed by atoms with Crippen molar-refractivity contribution >= 4 is 52.2 Å². The van der Waals surface area contributed by atoms with Crippen molar-refractivity contribution in [2.45, 2.75) is 33.4 Å². The molecule has 0 atom stereocenters. The van der Waals surface area contributed by atoms with E-state index in [1.54, 1.807) is 11.3 Å². The van der Waals surface area contributed by atoms with Crippen LogP contribution in [-0.2, 0) is 19.5 Å². The summed E-state index contributed by atoms with van der Waals surface area (Å²) in [5.74, 6) is 0.810. The van der Waals surface area contributed by atoms with E-state index >= 15 is 0 Å². The Balaban J connectivity index is 0.00000225. The first-order chi connectivity index (χ1) is 11.8. The highest BCUT2D eigenvalue weighted by Gasteiger charge is 2.04. The molecular weight excluding hydrogens is 445 g/mol. The predicted octanol–water partition coefficient (Wildman–Crippen LogP) is 4.06. The molecule has 0 bridgehead atoms. The molecule has 25 heavy (non-hydrogen) atoms. The summed E-state index contributed by atoms with van der Waals surface area (Å²) in [6, 6.07) is 10.4. The quantitative estimate of drug-likeness (QED) is 0.290. The van der Waals surface area contributed by atoms with Gasteiger partial charge in [-0.15, -0.1) is 35.3 Å². The van der Waals surface area contributed by atoms with Crippen LogP contribution in [0.25, 0.3) is 10.9 Å². The van der Waals surface area contributed by atoms with Crippen LogP contribution in [-0.4, -0.2) is 22.5 Å². The summed E-state index contributed by atoms with van der Waals surface area (Å²) >= 11 is 1.75. The first kappa shape index (κ1) is 19.7. The highest BCUT2D eigenvalue weighted by atomic mass is 127. The topological polar surface area (TPSA) is 65.1 Å². The molecular formula is C18H24IN5S. The van der Waals surface area contributed by atoms with E-state index < -0.39 is 0 Å². The summed E-state index contributed by atoms with van der Waals surface area (Å²) in [5.41, 5.74) is 2.26. The van der Waals surface area contributed by atoms with Crippen molar-refractivity contribution in [2.75, 3.05) is 6.54 Å². The number of H-pyrrole nitrogens is 1. The van der Waals surface area contributed by atoms with Gasteiger partial charge in [-0.25, -0.2) is 9.98 Å². The number of aromatic nitrogens is 2. The van der Waals surface area contributed by atoms with Crippen molar-refractivity contribution in [3.63, 3.8) is 0 Å². The Kier molecular flexibility index (Phi) is 7.70. The van der Waals surface area contributed by atoms with Gasteiger partial charge in [0.2, 0.25) is 0 Å². The van der Waals surface area contributed by atoms with Crippen LogP contribution in [0, 0.1) is 0 Å². The van der Waals surface area contributed by atoms with Crippen LogP contribution in [0.4, 0.5) is 0 Å². The fraction of sp³-hybridized carbons (Fsp3) is 0.333. The highest BCUT2D eigenvalue weighted by molar-refractivity contribution is 14.0. The van der Waals surface area contributed by atoms with Crippen molar-refractivity contribution in [3.8, 4) is 0 Å². The fourth-order valence-corrected chi connectivity index (χ4v) is 3.28. The van der Waals surface area contributed by atoms with Crippen molar-refractivity contribution in [2.24, 2.45) is 4.99 Å². The molecule has 1 aromatic carbocycles. The average molecular weight is 469 g/mol. The molecule has 0 aliphatic carbocycles. The van der Waals surface area contributed by atoms with Gasteiger partial charge in [0.25, 0.3) is 0 Å². The zero-order chi connectivity index (χ0) is 16.8. The third-order valence-electron chi connectivity index (χ3n) is 3.69. The van der Waals surface area contributed by atoms with E-state index in [2.05, 4.69) is 57.6 Å². The van der Waals surface area contributed by atoms with E-state index in [0.717, 1.165) is 35.1 Å². The van der Waals surface area contributed by atoms with Crippen molar-refractivity contribution in [3.05, 3.63) is 52.1 Å². The summed E-state index contributed by atoms with van der Waals surface area (Å²) in [6.07, 6.45) is 2.99. The molecule has 3 N–H and O–H groups in total. The first-order valence-corrected chi connectivity index (χ1v) is 9.12. The predicted molar refractivity (Wildman–Crippen MR) is 117 cm³/mol. The van der Waals surface area contributed by atoms with Crippen LogP contribution >= 0.6 is 35.3 Å². The standard InChI is InChI=1S/C18H23N5S.HI/c1-3-15-11-20-17(24-15)12-22-18(19-4-2)21-10-14-9-13-7-5-6-8-16(13)23-14;/h5-9,11,23H,3-4,10,12H2,1-2H3,(H2,19,21,22);1H. The van der Waals surface area contributed by atoms with Gasteiger partial charge in [-0.1, -0.05) is 25.1 Å². The first-order valence-electron chi connectivity index (χ1n) is 8.31. The third kappa shape index (κ3) is 5.43. The maximum Gasteiger partial charge on any atom is 0.191 e. The molecule has 0 aliphatic heterocycles. The Morgan fingerprint density at radius 3 is 2.80 bits per heavy atom. The van der Waals surface area contributed by atoms with E-state index in [1.807, 2.05) is 18.3 Å². The Hall–Kier alpha value is -1.61. The molecule has 0 spiro atoms. The van der Waals surface area contributed by atoms with E-state index in [1.165, 1.54) is 10.3 Å². The number of aliphatic imine (C=N–C) groups is 1. The number of hydrogen-bond acceptors (Lipinski definition) is 3. The SMILES string of the molecule is CCNC(=NCc1cc2ccccc2[nH]1)NCc1ncc(CC)s1.I. The average Bonchev–Trinajstić information content (AvgIpc) is 3.23. The second-order valence-corrected chi connectivity index (χ2v) is 6.70. The number of hydrogen-bond donors (Lipinski definition) is 3. The van der Waals surface area contributed by atoms with Crippen LogP contribution in [0.5, 0.6) is 0 Å². The zero-order valence-corrected chi connectivity index (χ0v) is 17.7. The number of benzene rings is 1. The summed E-state index contributed by atoms with van der Waals surface area (Å²) in [7, 11) is 0. The number of nitrogens with zero attached hydrogens (tertiary/aromatic N) is 2. The second-order valence-electron chi connectivity index (χ2n) is 5.50. The van der Waals surface area contributed by atoms with Crippen LogP contribution < -0.4 is 10.6 Å². The van der Waals surface area contributed by atoms with Gasteiger partial charge in [0.1, 0.15) is 5.01 Å². The number of thiazole rings is 1. The smallest absolute Gasteiger partial charge is 0.191 e. The molecule has 0 amide bonds. The molecule has 0 radical (unpaired) electrons. The molecule has 5 nitrogen and oxygen atoms in total. The number of fused-ring (bicyclic) bond motifs is 1. The number of guanidine groups is 1. The number of halogens is 1. The number of nitrogens with one attached hydrogen (secondary N) is 3. The number of aromatic amines is 1. The third-order valence-corrected chi connectivity index (χ3v) is 4.84. The lowest BCUT2D eigenvalue weighted by molar-refractivity contribution is 0.809. The number of para-hydroxylation sites is 1. The van der Waals surface area contributed by atoms with Crippen molar-refractivity contribution in [1.82, 2.24) is 20.6 Å². The molecule has 134 valence electrons. The van der Waals surface area contributed by atoms with E-state index in [-0.39, 0.29) is 24.0 Å². The van der Waals surface area contributed by atoms with E-state index in [9.17, 15) is 0 Å². The summed E-state index contributed by atoms with van der Waals surface area (Å²) in [5, 5.41) is 8.94. The minimum Gasteiger partial charge on any atom is -0.357 e. The Labute approximate surface area is 169 Å². The summed E-state index contributed by atoms with van der Waals surface area (Å²) in [6.45, 7) is 6.36. The van der Waals surface area contributed by atoms with E-state index in [0.29, 0.717) is 13.1 Å². The highest BCUT2D eigenvalue weighted by Crippen LogP contribution is 2.15. The second kappa shape index (κ2) is 9.76. The van der Waals surface area contributed by atoms with Crippen LogP contribution in [0.2, 0.25) is 0 Å². The zero-order valence-electron chi connectivity index (χ0n) is 14.5. The maximum atomic E-state index is 4.66. The molecule has 2 heterocycles. The number of aryl methyl sites for hydroxylation is 1. The lowest BCUT2D eigenvalue weighted by atomic mass is 10.2. The number of rotatable bonds is 6. The van der Waals surface area contributed by atoms with Crippen molar-refractivity contribution < 1.29 is 0 Å². The molecule has 0 unspecified atom stereocenters. The van der Waals surface area contributed by atoms with Gasteiger partial charge in [0.05, 0.1) is 13.1 Å². The summed E-state index contributed by atoms with van der Waals surface area (Å²) < 4.78 is 0. The van der Waals surface area contributed by atoms with Gasteiger partial charge in [-0.3, -0.25) is 0 Å². The minimum absolute atomic E-state index is 0. The monoisotopic (exact) mass is 469 g/mol. The van der Waals surface area contributed by atoms with Gasteiger partial charge in [-0.05, 0) is 30.9 Å². The maximum absolute atomic E-state index is 4.66. The van der Waals surface area contributed by atoms with Gasteiger partial charge < -0.3 is 15.6 Å². The van der Waals surface area contributed by atoms with Crippen LogP contribution in [0.3, 0.4) is 0 Å². The Morgan fingerprint density at radius 1 is 1.24 bits per heavy atom. The van der Waals surface area contributed by atoms with Gasteiger partial charge >= 0.3 is 0 Å². The summed E-state index contributed by atoms with van der Waals surface area (Å²) in [4.78, 5) is 13.8. The van der Waals surface area contributed by atoms with Gasteiger partial charge in [-0.2, -0.15) is 0 Å². The Morgan fingerprint density at radius 2 is 2.08 bits per heavy atom. The van der Waals surface area contributed by atoms with Gasteiger partial charge in [0, 0.05) is 28.8 Å². The van der Waals surface area contributed by atoms with Crippen LogP contribution in [0.15, 0.2) is 41.5 Å². The van der Waals surface area contributed by atoms with Gasteiger partial charge in [0.15, 0.2) is 5.96 Å². The molecule has 2 aromatic heterocycles. The molecule has 7 heteroatoms. The molecule has 3 aromatic rings. The normalized spacial score (nSPS) is 11.4. The largest absolute Gasteiger partial charge is 0.357 e. The van der Waals surface area contributed by atoms with Crippen molar-refractivity contribution in [1.29, 1.82) is 0 Å². The Bertz CT molecular complexity index is 791. The molecule has 0 saturated carbocycles. The minimum atomic E-state index is 0.